The molecule has 82 valence electrons. The Balaban J connectivity index is 1.79. The first-order chi connectivity index (χ1) is 7.86. The van der Waals surface area contributed by atoms with E-state index in [1.807, 2.05) is 30.3 Å². The lowest BCUT2D eigenvalue weighted by atomic mass is 10.2. The number of aromatic amines is 1. The fraction of sp³-hybridized carbons (Fsp3) is 0.167. The molecule has 0 bridgehead atoms. The molecule has 0 saturated carbocycles. The fourth-order valence-corrected chi connectivity index (χ4v) is 1.35. The maximum atomic E-state index is 11.4. The highest BCUT2D eigenvalue weighted by Crippen LogP contribution is 2.00. The summed E-state index contributed by atoms with van der Waals surface area (Å²) in [5.74, 6) is -0.172. The van der Waals surface area contributed by atoms with Gasteiger partial charge in [-0.15, -0.1) is 0 Å². The monoisotopic (exact) mass is 216 g/mol. The van der Waals surface area contributed by atoms with Gasteiger partial charge in [-0.2, -0.15) is 0 Å². The number of carbonyl (C=O) groups is 1. The van der Waals surface area contributed by atoms with Crippen LogP contribution < -0.4 is 0 Å². The number of nitrogens with zero attached hydrogens (tertiary/aromatic N) is 1. The molecule has 0 unspecified atom stereocenters. The number of nitrogens with one attached hydrogen (secondary N) is 1. The molecule has 4 nitrogen and oxygen atoms in total. The van der Waals surface area contributed by atoms with Crippen LogP contribution in [0.1, 0.15) is 16.2 Å². The van der Waals surface area contributed by atoms with Crippen LogP contribution in [0.15, 0.2) is 42.7 Å². The smallest absolute Gasteiger partial charge is 0.374 e. The molecule has 0 amide bonds. The molecule has 0 aliphatic heterocycles. The van der Waals surface area contributed by atoms with Gasteiger partial charge in [0.15, 0.2) is 0 Å². The minimum Gasteiger partial charge on any atom is -0.459 e. The molecule has 0 saturated heterocycles. The normalized spacial score (nSPS) is 10.0. The van der Waals surface area contributed by atoms with Gasteiger partial charge < -0.3 is 9.72 Å². The molecular formula is C12H12N2O2. The Morgan fingerprint density at radius 3 is 2.81 bits per heavy atom. The number of esters is 1. The van der Waals surface area contributed by atoms with Crippen molar-refractivity contribution in [2.24, 2.45) is 0 Å². The van der Waals surface area contributed by atoms with Crippen molar-refractivity contribution in [2.75, 3.05) is 6.61 Å². The number of hydrogen-bond donors (Lipinski definition) is 1. The Labute approximate surface area is 93.3 Å². The molecule has 1 aromatic heterocycles. The van der Waals surface area contributed by atoms with Crippen molar-refractivity contribution in [3.8, 4) is 0 Å². The quantitative estimate of drug-likeness (QED) is 0.793. The summed E-state index contributed by atoms with van der Waals surface area (Å²) in [6.45, 7) is 0.365. The summed E-state index contributed by atoms with van der Waals surface area (Å²) in [4.78, 5) is 17.9. The lowest BCUT2D eigenvalue weighted by Gasteiger charge is -2.02. The largest absolute Gasteiger partial charge is 0.459 e. The molecule has 0 aliphatic rings. The van der Waals surface area contributed by atoms with Gasteiger partial charge >= 0.3 is 5.97 Å². The van der Waals surface area contributed by atoms with Crippen molar-refractivity contribution in [3.63, 3.8) is 0 Å². The van der Waals surface area contributed by atoms with E-state index < -0.39 is 5.97 Å². The maximum Gasteiger partial charge on any atom is 0.374 e. The van der Waals surface area contributed by atoms with Gasteiger partial charge in [0, 0.05) is 18.8 Å². The van der Waals surface area contributed by atoms with Gasteiger partial charge in [-0.25, -0.2) is 9.78 Å². The summed E-state index contributed by atoms with van der Waals surface area (Å²) < 4.78 is 5.06. The van der Waals surface area contributed by atoms with E-state index in [2.05, 4.69) is 9.97 Å². The van der Waals surface area contributed by atoms with Crippen molar-refractivity contribution in [1.82, 2.24) is 9.97 Å². The van der Waals surface area contributed by atoms with Crippen molar-refractivity contribution in [2.45, 2.75) is 6.42 Å². The van der Waals surface area contributed by atoms with Gasteiger partial charge in [-0.1, -0.05) is 30.3 Å². The highest BCUT2D eigenvalue weighted by molar-refractivity contribution is 5.85. The van der Waals surface area contributed by atoms with Crippen LogP contribution in [0.4, 0.5) is 0 Å². The van der Waals surface area contributed by atoms with Crippen LogP contribution in [-0.2, 0) is 11.2 Å². The molecule has 0 radical (unpaired) electrons. The van der Waals surface area contributed by atoms with Crippen molar-refractivity contribution >= 4 is 5.97 Å². The van der Waals surface area contributed by atoms with Crippen LogP contribution in [0, 0.1) is 0 Å². The zero-order valence-corrected chi connectivity index (χ0v) is 8.72. The number of rotatable bonds is 4. The molecular weight excluding hydrogens is 204 g/mol. The summed E-state index contributed by atoms with van der Waals surface area (Å²) in [5, 5.41) is 0. The Morgan fingerprint density at radius 1 is 1.31 bits per heavy atom. The van der Waals surface area contributed by atoms with Crippen LogP contribution in [0.3, 0.4) is 0 Å². The Kier molecular flexibility index (Phi) is 3.33. The molecule has 2 rings (SSSR count). The number of ether oxygens (including phenoxy) is 1. The minimum absolute atomic E-state index is 0.244. The molecule has 2 aromatic rings. The number of H-pyrrole nitrogens is 1. The van der Waals surface area contributed by atoms with Crippen molar-refractivity contribution in [3.05, 3.63) is 54.1 Å². The van der Waals surface area contributed by atoms with Crippen molar-refractivity contribution in [1.29, 1.82) is 0 Å². The second-order valence-corrected chi connectivity index (χ2v) is 3.31. The molecule has 1 aromatic carbocycles. The summed E-state index contributed by atoms with van der Waals surface area (Å²) in [7, 11) is 0. The van der Waals surface area contributed by atoms with E-state index in [0.29, 0.717) is 13.0 Å². The van der Waals surface area contributed by atoms with Gasteiger partial charge in [0.05, 0.1) is 6.61 Å². The van der Waals surface area contributed by atoms with E-state index in [9.17, 15) is 4.79 Å². The van der Waals surface area contributed by atoms with Crippen LogP contribution in [0.5, 0.6) is 0 Å². The second kappa shape index (κ2) is 5.11. The predicted molar refractivity (Wildman–Crippen MR) is 59.0 cm³/mol. The predicted octanol–water partition coefficient (Wildman–Crippen LogP) is 1.81. The van der Waals surface area contributed by atoms with Crippen LogP contribution in [0.2, 0.25) is 0 Å². The fourth-order valence-electron chi connectivity index (χ4n) is 1.35. The summed E-state index contributed by atoms with van der Waals surface area (Å²) in [6, 6.07) is 9.88. The summed E-state index contributed by atoms with van der Waals surface area (Å²) in [5.41, 5.74) is 1.15. The number of benzene rings is 1. The lowest BCUT2D eigenvalue weighted by molar-refractivity contribution is 0.0496. The minimum atomic E-state index is -0.416. The highest BCUT2D eigenvalue weighted by Gasteiger charge is 2.08. The van der Waals surface area contributed by atoms with E-state index in [1.165, 1.54) is 6.20 Å². The number of carbonyl (C=O) groups excluding carboxylic acids is 1. The first-order valence-corrected chi connectivity index (χ1v) is 5.06. The summed E-state index contributed by atoms with van der Waals surface area (Å²) >= 11 is 0. The molecule has 0 fully saturated rings. The number of hydrogen-bond acceptors (Lipinski definition) is 3. The van der Waals surface area contributed by atoms with Gasteiger partial charge in [-0.05, 0) is 5.56 Å². The Bertz CT molecular complexity index is 437. The first kappa shape index (κ1) is 10.4. The molecule has 1 N–H and O–H groups in total. The first-order valence-electron chi connectivity index (χ1n) is 5.06. The molecule has 1 heterocycles. The average molecular weight is 216 g/mol. The van der Waals surface area contributed by atoms with Crippen LogP contribution in [0.25, 0.3) is 0 Å². The summed E-state index contributed by atoms with van der Waals surface area (Å²) in [6.07, 6.45) is 3.83. The SMILES string of the molecule is O=C(OCCc1ccccc1)c1ncc[nH]1. The third kappa shape index (κ3) is 2.70. The van der Waals surface area contributed by atoms with Gasteiger partial charge in [0.1, 0.15) is 0 Å². The van der Waals surface area contributed by atoms with E-state index >= 15 is 0 Å². The van der Waals surface area contributed by atoms with Gasteiger partial charge in [0.25, 0.3) is 0 Å². The molecule has 0 spiro atoms. The highest BCUT2D eigenvalue weighted by atomic mass is 16.5. The zero-order valence-electron chi connectivity index (χ0n) is 8.72. The van der Waals surface area contributed by atoms with Gasteiger partial charge in [0.2, 0.25) is 5.82 Å². The van der Waals surface area contributed by atoms with E-state index in [4.69, 9.17) is 4.74 Å². The van der Waals surface area contributed by atoms with Crippen molar-refractivity contribution < 1.29 is 9.53 Å². The standard InChI is InChI=1S/C12H12N2O2/c15-12(11-13-7-8-14-11)16-9-6-10-4-2-1-3-5-10/h1-5,7-8H,6,9H2,(H,13,14). The van der Waals surface area contributed by atoms with Gasteiger partial charge in [-0.3, -0.25) is 0 Å². The lowest BCUT2D eigenvalue weighted by Crippen LogP contribution is -2.09. The Hall–Kier alpha value is -2.10. The zero-order chi connectivity index (χ0) is 11.2. The van der Waals surface area contributed by atoms with E-state index in [1.54, 1.807) is 6.20 Å². The number of aromatic nitrogens is 2. The number of imidazole rings is 1. The van der Waals surface area contributed by atoms with Crippen LogP contribution in [-0.4, -0.2) is 22.5 Å². The molecule has 4 heteroatoms. The van der Waals surface area contributed by atoms with Crippen LogP contribution >= 0.6 is 0 Å². The molecule has 16 heavy (non-hydrogen) atoms. The van der Waals surface area contributed by atoms with E-state index in [0.717, 1.165) is 5.56 Å². The topological polar surface area (TPSA) is 55.0 Å². The van der Waals surface area contributed by atoms with E-state index in [-0.39, 0.29) is 5.82 Å². The third-order valence-electron chi connectivity index (χ3n) is 2.16. The maximum absolute atomic E-state index is 11.4. The Morgan fingerprint density at radius 2 is 2.12 bits per heavy atom. The molecule has 0 atom stereocenters. The third-order valence-corrected chi connectivity index (χ3v) is 2.16. The average Bonchev–Trinajstić information content (AvgIpc) is 2.84. The molecule has 0 aliphatic carbocycles. The second-order valence-electron chi connectivity index (χ2n) is 3.31.